The number of aromatic amines is 1. The third-order valence-corrected chi connectivity index (χ3v) is 7.73. The maximum Gasteiger partial charge on any atom is 0.223 e. The number of amides is 1. The van der Waals surface area contributed by atoms with Crippen LogP contribution >= 0.6 is 0 Å². The largest absolute Gasteiger partial charge is 0.361 e. The van der Waals surface area contributed by atoms with E-state index in [1.165, 1.54) is 33.2 Å². The van der Waals surface area contributed by atoms with Gasteiger partial charge in [0.1, 0.15) is 0 Å². The van der Waals surface area contributed by atoms with E-state index >= 15 is 0 Å². The van der Waals surface area contributed by atoms with Gasteiger partial charge in [0, 0.05) is 36.6 Å². The smallest absolute Gasteiger partial charge is 0.223 e. The third-order valence-electron chi connectivity index (χ3n) is 7.73. The van der Waals surface area contributed by atoms with E-state index in [-0.39, 0.29) is 5.92 Å². The van der Waals surface area contributed by atoms with Crippen molar-refractivity contribution in [2.24, 2.45) is 5.92 Å². The number of piperidine rings is 1. The molecule has 180 valence electrons. The van der Waals surface area contributed by atoms with Gasteiger partial charge in [0.05, 0.1) is 0 Å². The van der Waals surface area contributed by atoms with Crippen molar-refractivity contribution in [1.29, 1.82) is 0 Å². The van der Waals surface area contributed by atoms with E-state index in [4.69, 9.17) is 0 Å². The van der Waals surface area contributed by atoms with E-state index in [1.54, 1.807) is 0 Å². The van der Waals surface area contributed by atoms with Crippen molar-refractivity contribution in [3.8, 4) is 0 Å². The number of fused-ring (bicyclic) bond motifs is 1. The molecule has 0 bridgehead atoms. The summed E-state index contributed by atoms with van der Waals surface area (Å²) in [5, 5.41) is 1.26. The molecule has 4 aromatic rings. The van der Waals surface area contributed by atoms with Crippen LogP contribution in [0.4, 0.5) is 0 Å². The van der Waals surface area contributed by atoms with Crippen LogP contribution in [0.5, 0.6) is 0 Å². The van der Waals surface area contributed by atoms with Crippen LogP contribution in [0.1, 0.15) is 54.4 Å². The third kappa shape index (κ3) is 5.51. The Bertz CT molecular complexity index is 1240. The number of nitrogens with zero attached hydrogens (tertiary/aromatic N) is 1. The summed E-state index contributed by atoms with van der Waals surface area (Å²) in [6, 6.07) is 27.9. The lowest BCUT2D eigenvalue weighted by Crippen LogP contribution is -2.39. The zero-order valence-corrected chi connectivity index (χ0v) is 20.7. The van der Waals surface area contributed by atoms with Crippen LogP contribution in [0.25, 0.3) is 10.9 Å². The van der Waals surface area contributed by atoms with Crippen LogP contribution in [-0.4, -0.2) is 28.9 Å². The predicted octanol–water partition coefficient (Wildman–Crippen LogP) is 6.93. The van der Waals surface area contributed by atoms with Gasteiger partial charge in [0.2, 0.25) is 5.91 Å². The van der Waals surface area contributed by atoms with Crippen LogP contribution in [-0.2, 0) is 24.1 Å². The highest BCUT2D eigenvalue weighted by Gasteiger charge is 2.27. The van der Waals surface area contributed by atoms with Gasteiger partial charge in [-0.2, -0.15) is 0 Å². The number of carbonyl (C=O) groups excluding carboxylic acids is 1. The van der Waals surface area contributed by atoms with Crippen LogP contribution in [0.2, 0.25) is 0 Å². The quantitative estimate of drug-likeness (QED) is 0.302. The second-order valence-electron chi connectivity index (χ2n) is 10.0. The highest BCUT2D eigenvalue weighted by molar-refractivity contribution is 5.87. The number of H-pyrrole nitrogens is 1. The molecule has 2 heterocycles. The number of aromatic nitrogens is 1. The Labute approximate surface area is 209 Å². The van der Waals surface area contributed by atoms with E-state index in [9.17, 15) is 4.79 Å². The summed E-state index contributed by atoms with van der Waals surface area (Å²) < 4.78 is 0. The van der Waals surface area contributed by atoms with Gasteiger partial charge in [-0.05, 0) is 66.2 Å². The lowest BCUT2D eigenvalue weighted by molar-refractivity contribution is -0.133. The summed E-state index contributed by atoms with van der Waals surface area (Å²) in [6.45, 7) is 3.95. The Kier molecular flexibility index (Phi) is 7.32. The van der Waals surface area contributed by atoms with Gasteiger partial charge in [0.25, 0.3) is 0 Å². The second kappa shape index (κ2) is 10.9. The van der Waals surface area contributed by atoms with Crippen molar-refractivity contribution < 1.29 is 4.79 Å². The highest BCUT2D eigenvalue weighted by Crippen LogP contribution is 2.33. The van der Waals surface area contributed by atoms with Crippen LogP contribution in [0, 0.1) is 5.92 Å². The average Bonchev–Trinajstić information content (AvgIpc) is 3.34. The normalized spacial score (nSPS) is 15.4. The van der Waals surface area contributed by atoms with E-state index in [0.29, 0.717) is 18.2 Å². The van der Waals surface area contributed by atoms with Crippen molar-refractivity contribution in [3.05, 3.63) is 107 Å². The van der Waals surface area contributed by atoms with Gasteiger partial charge in [-0.1, -0.05) is 85.8 Å². The van der Waals surface area contributed by atoms with Crippen molar-refractivity contribution in [2.45, 2.75) is 51.4 Å². The Morgan fingerprint density at radius 1 is 0.914 bits per heavy atom. The molecular weight excluding hydrogens is 428 g/mol. The predicted molar refractivity (Wildman–Crippen MR) is 145 cm³/mol. The molecule has 3 nitrogen and oxygen atoms in total. The second-order valence-corrected chi connectivity index (χ2v) is 10.0. The summed E-state index contributed by atoms with van der Waals surface area (Å²) in [6.07, 6.45) is 7.89. The summed E-state index contributed by atoms with van der Waals surface area (Å²) in [5.41, 5.74) is 6.52. The Morgan fingerprint density at radius 3 is 2.29 bits per heavy atom. The first kappa shape index (κ1) is 23.4. The van der Waals surface area contributed by atoms with E-state index in [1.807, 2.05) is 0 Å². The van der Waals surface area contributed by atoms with Crippen LogP contribution < -0.4 is 0 Å². The minimum absolute atomic E-state index is 0.160. The molecule has 0 aliphatic carbocycles. The number of hydrogen-bond acceptors (Lipinski definition) is 1. The number of hydrogen-bond donors (Lipinski definition) is 1. The fraction of sp³-hybridized carbons (Fsp3) is 0.344. The fourth-order valence-electron chi connectivity index (χ4n) is 5.74. The average molecular weight is 465 g/mol. The molecule has 1 atom stereocenters. The minimum atomic E-state index is 0.160. The summed E-state index contributed by atoms with van der Waals surface area (Å²) in [4.78, 5) is 19.2. The molecule has 5 rings (SSSR count). The summed E-state index contributed by atoms with van der Waals surface area (Å²) >= 11 is 0. The van der Waals surface area contributed by atoms with Gasteiger partial charge in [0.15, 0.2) is 0 Å². The van der Waals surface area contributed by atoms with Gasteiger partial charge in [-0.3, -0.25) is 4.79 Å². The van der Waals surface area contributed by atoms with Gasteiger partial charge >= 0.3 is 0 Å². The molecule has 1 unspecified atom stereocenters. The lowest BCUT2D eigenvalue weighted by Gasteiger charge is -2.33. The Balaban J connectivity index is 1.30. The molecule has 3 heteroatoms. The molecule has 1 aliphatic heterocycles. The molecule has 1 amide bonds. The van der Waals surface area contributed by atoms with E-state index in [2.05, 4.69) is 102 Å². The SMILES string of the molecule is CCc1cccc2c(C(CC(=O)N3CCC(Cc4ccccc4)CC3)Cc3ccccc3)c[nH]c12. The van der Waals surface area contributed by atoms with Crippen molar-refractivity contribution in [1.82, 2.24) is 9.88 Å². The highest BCUT2D eigenvalue weighted by atomic mass is 16.2. The number of aryl methyl sites for hydroxylation is 1. The van der Waals surface area contributed by atoms with E-state index in [0.717, 1.165) is 45.2 Å². The topological polar surface area (TPSA) is 36.1 Å². The zero-order valence-electron chi connectivity index (χ0n) is 20.7. The fourth-order valence-corrected chi connectivity index (χ4v) is 5.74. The molecule has 1 N–H and O–H groups in total. The summed E-state index contributed by atoms with van der Waals surface area (Å²) in [7, 11) is 0. The van der Waals surface area contributed by atoms with Crippen molar-refractivity contribution in [2.75, 3.05) is 13.1 Å². The molecule has 0 spiro atoms. The summed E-state index contributed by atoms with van der Waals surface area (Å²) in [5.74, 6) is 1.13. The number of carbonyl (C=O) groups is 1. The van der Waals surface area contributed by atoms with E-state index < -0.39 is 0 Å². The molecule has 3 aromatic carbocycles. The Morgan fingerprint density at radius 2 is 1.60 bits per heavy atom. The molecule has 1 fully saturated rings. The molecular formula is C32H36N2O. The number of likely N-dealkylation sites (tertiary alicyclic amines) is 1. The van der Waals surface area contributed by atoms with Gasteiger partial charge in [-0.15, -0.1) is 0 Å². The van der Waals surface area contributed by atoms with Crippen LogP contribution in [0.3, 0.4) is 0 Å². The number of rotatable bonds is 8. The maximum atomic E-state index is 13.5. The van der Waals surface area contributed by atoms with Crippen LogP contribution in [0.15, 0.2) is 85.1 Å². The Hall–Kier alpha value is -3.33. The number of para-hydroxylation sites is 1. The van der Waals surface area contributed by atoms with Crippen molar-refractivity contribution in [3.63, 3.8) is 0 Å². The lowest BCUT2D eigenvalue weighted by atomic mass is 9.87. The first-order chi connectivity index (χ1) is 17.2. The van der Waals surface area contributed by atoms with Gasteiger partial charge < -0.3 is 9.88 Å². The monoisotopic (exact) mass is 464 g/mol. The maximum absolute atomic E-state index is 13.5. The number of benzene rings is 3. The van der Waals surface area contributed by atoms with Crippen molar-refractivity contribution >= 4 is 16.8 Å². The number of nitrogens with one attached hydrogen (secondary N) is 1. The molecule has 35 heavy (non-hydrogen) atoms. The van der Waals surface area contributed by atoms with Gasteiger partial charge in [-0.25, -0.2) is 0 Å². The molecule has 1 aromatic heterocycles. The molecule has 0 radical (unpaired) electrons. The molecule has 1 saturated heterocycles. The standard InChI is InChI=1S/C32H36N2O/c1-2-27-14-9-15-29-30(23-33-32(27)29)28(21-25-12-7-4-8-13-25)22-31(35)34-18-16-26(17-19-34)20-24-10-5-3-6-11-24/h3-15,23,26,28,33H,2,16-22H2,1H3. The zero-order chi connectivity index (χ0) is 24.0. The first-order valence-electron chi connectivity index (χ1n) is 13.2. The molecule has 0 saturated carbocycles. The minimum Gasteiger partial charge on any atom is -0.361 e. The first-order valence-corrected chi connectivity index (χ1v) is 13.2. The molecule has 1 aliphatic rings.